The Balaban J connectivity index is 0.887. The lowest BCUT2D eigenvalue weighted by atomic mass is 9.28. The number of ether oxygens (including phenoxy) is 2. The zero-order valence-electron chi connectivity index (χ0n) is 55.0. The van der Waals surface area contributed by atoms with Crippen molar-refractivity contribution >= 4 is 12.3 Å². The summed E-state index contributed by atoms with van der Waals surface area (Å²) in [7, 11) is 1.96. The molecule has 0 unspecified atom stereocenters. The molecule has 11 saturated carbocycles. The van der Waals surface area contributed by atoms with Crippen LogP contribution in [0.1, 0.15) is 187 Å². The summed E-state index contributed by atoms with van der Waals surface area (Å²) in [6, 6.07) is 26.6. The number of aldehydes is 1. The van der Waals surface area contributed by atoms with Gasteiger partial charge in [-0.25, -0.2) is 4.79 Å². The lowest BCUT2D eigenvalue weighted by molar-refractivity contribution is -0.393. The van der Waals surface area contributed by atoms with Crippen molar-refractivity contribution in [1.82, 2.24) is 5.32 Å². The first-order valence-corrected chi connectivity index (χ1v) is 37.5. The summed E-state index contributed by atoms with van der Waals surface area (Å²) in [5.41, 5.74) is -3.55. The summed E-state index contributed by atoms with van der Waals surface area (Å²) >= 11 is 0. The Morgan fingerprint density at radius 2 is 1.55 bits per heavy atom. The summed E-state index contributed by atoms with van der Waals surface area (Å²) in [6.45, 7) is 2.00. The van der Waals surface area contributed by atoms with Crippen LogP contribution >= 0.6 is 0 Å². The summed E-state index contributed by atoms with van der Waals surface area (Å²) in [4.78, 5) is 31.3. The van der Waals surface area contributed by atoms with Crippen molar-refractivity contribution in [1.29, 1.82) is 0 Å². The normalized spacial score (nSPS) is 50.7. The van der Waals surface area contributed by atoms with E-state index in [0.29, 0.717) is 62.2 Å². The third-order valence-corrected chi connectivity index (χ3v) is 33.0. The predicted octanol–water partition coefficient (Wildman–Crippen LogP) is 11.6. The van der Waals surface area contributed by atoms with Gasteiger partial charge in [0.25, 0.3) is 0 Å². The molecule has 4 spiro atoms. The van der Waals surface area contributed by atoms with Crippen molar-refractivity contribution in [3.63, 3.8) is 0 Å². The summed E-state index contributed by atoms with van der Waals surface area (Å²) < 4.78 is 15.1. The van der Waals surface area contributed by atoms with Crippen LogP contribution < -0.4 is 5.32 Å². The Kier molecular flexibility index (Phi) is 13.1. The molecule has 3 aromatic rings. The number of esters is 1. The van der Waals surface area contributed by atoms with Gasteiger partial charge in [0.05, 0.1) is 42.0 Å². The zero-order valence-corrected chi connectivity index (χ0v) is 55.0. The summed E-state index contributed by atoms with van der Waals surface area (Å²) in [6.07, 6.45) is 21.2. The van der Waals surface area contributed by atoms with E-state index in [2.05, 4.69) is 96.6 Å². The number of aliphatic hydroxyl groups excluding tert-OH is 2. The Hall–Kier alpha value is -4.62. The lowest BCUT2D eigenvalue weighted by Crippen LogP contribution is -2.86. The molecule has 20 rings (SSSR count). The number of carbonyl (C=O) groups excluding carboxylic acids is 2. The second kappa shape index (κ2) is 20.5. The number of rotatable bonds is 5. The highest BCUT2D eigenvalue weighted by molar-refractivity contribution is 5.87. The van der Waals surface area contributed by atoms with Crippen LogP contribution in [0.3, 0.4) is 0 Å². The standard InChI is InChI=1S/C83H99NO9/c1-48-54-20-19-51(33-54)32-49-11-8-12-50(31-49)34-70-62-25-30-76-29-24-60(52-13-4-3-5-14-52)61-18-10-16-56-40-78-44-75(26-6-7-27-75)28-23-53-15-9-17-57(43-85)63(53)37-69(84-2)64-36-58(80(78,47-87)68-39-71(88)93-72(64)68)42-82(78,90)81(89)41-59-35-55(48)21-22-65-74(92-70)79(76,67(62)38-66(61)76)45-77(46-86,73(56)81)83(59,65)91/h3-5,8-9,11-15,17,31,39,46,48,51,54-56,58-62,64-67,69-70,72-74,84-85,87,89-91H,6-7,18-22,24-27,29-30,32-38,40-45,47H2,1-2H3/t48-,51+,54+,55+,56+,58+,59+,60+,61-,62-,64+,65+,66+,67+,69-,70+,72+,73+,74+,76+,77-,78-,79+,80+,81-,82+,83-/m0/s1. The fraction of sp³-hybridized carbons (Fsp3) is 0.687. The first-order valence-electron chi connectivity index (χ1n) is 37.5. The van der Waals surface area contributed by atoms with Crippen molar-refractivity contribution < 1.29 is 44.6 Å². The lowest BCUT2D eigenvalue weighted by Gasteiger charge is -2.78. The fourth-order valence-electron chi connectivity index (χ4n) is 30.0. The van der Waals surface area contributed by atoms with Crippen molar-refractivity contribution in [2.24, 2.45) is 115 Å². The van der Waals surface area contributed by atoms with Crippen molar-refractivity contribution in [2.45, 2.75) is 221 Å². The SMILES string of the molecule is CN[C@H]1Cc2c(cccc2CO)C#CC2(CCCC2)C[C@]23C[C@H]4C#CC[C@H]5[C@@H](c6ccccc6)CC[C@@]67CC[C@H]8[C@@H](C[C@H]56)[C@@]75C[C@]6(C=O)[C@@H]4[C@@](O)(C[C@H]4C[C@H]7CC[C@H]([C@H]5O[C@@H]8Cc5cccc(c5)C[C@H]5CC[C@H](C5)[C@@H]7C)[C@@]46O)[C@@]2(O)C[C@H]2C[C@H]1[C@H]1OC(=O)C=C1[C@@]23CO. The van der Waals surface area contributed by atoms with Crippen LogP contribution in [0.15, 0.2) is 84.4 Å². The molecular weight excluding hydrogens is 1150 g/mol. The van der Waals surface area contributed by atoms with Gasteiger partial charge in [0.2, 0.25) is 0 Å². The van der Waals surface area contributed by atoms with Gasteiger partial charge in [-0.15, -0.1) is 5.92 Å². The second-order valence-electron chi connectivity index (χ2n) is 35.1. The largest absolute Gasteiger partial charge is 0.454 e. The number of likely N-dealkylation sites (N-methyl/N-ethyl adjacent to an activating group) is 1. The van der Waals surface area contributed by atoms with Gasteiger partial charge < -0.3 is 45.1 Å². The van der Waals surface area contributed by atoms with Gasteiger partial charge in [0, 0.05) is 69.4 Å². The first-order chi connectivity index (χ1) is 45.1. The molecule has 14 aliphatic carbocycles. The van der Waals surface area contributed by atoms with E-state index in [0.717, 1.165) is 106 Å². The molecular formula is C83H99NO9. The van der Waals surface area contributed by atoms with E-state index < -0.39 is 85.5 Å². The van der Waals surface area contributed by atoms with Crippen LogP contribution in [0.5, 0.6) is 0 Å². The van der Waals surface area contributed by atoms with Crippen LogP contribution in [0.25, 0.3) is 0 Å². The highest BCUT2D eigenvalue weighted by Gasteiger charge is 2.91. The molecule has 19 bridgehead atoms. The first kappa shape index (κ1) is 59.6. The van der Waals surface area contributed by atoms with Gasteiger partial charge in [-0.2, -0.15) is 0 Å². The molecule has 27 atom stereocenters. The quantitative estimate of drug-likeness (QED) is 0.0823. The third kappa shape index (κ3) is 7.35. The number of aliphatic hydroxyl groups is 5. The molecule has 0 radical (unpaired) electrons. The van der Waals surface area contributed by atoms with E-state index in [1.54, 1.807) is 6.08 Å². The Morgan fingerprint density at radius 3 is 2.35 bits per heavy atom. The Labute approximate surface area is 551 Å². The van der Waals surface area contributed by atoms with Crippen molar-refractivity contribution in [2.75, 3.05) is 13.7 Å². The van der Waals surface area contributed by atoms with E-state index in [9.17, 15) is 15.0 Å². The third-order valence-electron chi connectivity index (χ3n) is 33.0. The highest BCUT2D eigenvalue weighted by atomic mass is 16.5. The minimum absolute atomic E-state index is 0.0438. The van der Waals surface area contributed by atoms with Gasteiger partial charge in [-0.05, 0) is 258 Å². The fourth-order valence-corrected chi connectivity index (χ4v) is 30.0. The summed E-state index contributed by atoms with van der Waals surface area (Å²) in [5.74, 6) is 15.2. The molecule has 6 N–H and O–H groups in total. The van der Waals surface area contributed by atoms with Crippen LogP contribution in [0.2, 0.25) is 0 Å². The summed E-state index contributed by atoms with van der Waals surface area (Å²) in [5, 5.41) is 76.2. The Bertz CT molecular complexity index is 3760. The van der Waals surface area contributed by atoms with Gasteiger partial charge >= 0.3 is 5.97 Å². The molecule has 12 fully saturated rings. The predicted molar refractivity (Wildman–Crippen MR) is 352 cm³/mol. The number of fused-ring (bicyclic) bond motifs is 10. The number of hydrogen-bond acceptors (Lipinski definition) is 10. The Morgan fingerprint density at radius 1 is 0.753 bits per heavy atom. The minimum Gasteiger partial charge on any atom is -0.454 e. The highest BCUT2D eigenvalue weighted by Crippen LogP contribution is 2.88. The van der Waals surface area contributed by atoms with Crippen LogP contribution in [-0.4, -0.2) is 92.6 Å². The van der Waals surface area contributed by atoms with Gasteiger partial charge in [0.1, 0.15) is 18.0 Å². The average molecular weight is 1250 g/mol. The van der Waals surface area contributed by atoms with E-state index >= 15 is 20.1 Å². The zero-order chi connectivity index (χ0) is 63.0. The molecule has 10 heteroatoms. The molecule has 17 aliphatic rings. The second-order valence-corrected chi connectivity index (χ2v) is 35.1. The number of nitrogens with one attached hydrogen (secondary N) is 1. The van der Waals surface area contributed by atoms with Gasteiger partial charge in [-0.3, -0.25) is 0 Å². The molecule has 3 heterocycles. The van der Waals surface area contributed by atoms with Gasteiger partial charge in [-0.1, -0.05) is 104 Å². The van der Waals surface area contributed by atoms with E-state index in [1.807, 2.05) is 19.2 Å². The maximum atomic E-state index is 16.7. The monoisotopic (exact) mass is 1250 g/mol. The maximum absolute atomic E-state index is 16.7. The molecule has 1 saturated heterocycles. The number of benzene rings is 3. The van der Waals surface area contributed by atoms with E-state index in [-0.39, 0.29) is 91.6 Å². The number of hydrogen-bond donors (Lipinski definition) is 6. The van der Waals surface area contributed by atoms with Crippen LogP contribution in [0.4, 0.5) is 0 Å². The van der Waals surface area contributed by atoms with E-state index in [1.165, 1.54) is 42.2 Å². The maximum Gasteiger partial charge on any atom is 0.331 e. The molecule has 0 aromatic heterocycles. The van der Waals surface area contributed by atoms with E-state index in [4.69, 9.17) is 9.47 Å². The van der Waals surface area contributed by atoms with Gasteiger partial charge in [0.15, 0.2) is 0 Å². The van der Waals surface area contributed by atoms with Crippen molar-refractivity contribution in [3.8, 4) is 23.7 Å². The van der Waals surface area contributed by atoms with Crippen molar-refractivity contribution in [3.05, 3.63) is 118 Å². The van der Waals surface area contributed by atoms with Crippen LogP contribution in [-0.2, 0) is 44.9 Å². The molecule has 3 aromatic carbocycles. The average Bonchev–Trinajstić information content (AvgIpc) is 1.57. The molecule has 10 nitrogen and oxygen atoms in total. The number of carbonyl (C=O) groups is 2. The smallest absolute Gasteiger partial charge is 0.331 e. The minimum atomic E-state index is -2.00. The molecule has 490 valence electrons. The molecule has 0 amide bonds. The molecule has 93 heavy (non-hydrogen) atoms. The topological polar surface area (TPSA) is 166 Å². The molecule has 3 aliphatic heterocycles. The van der Waals surface area contributed by atoms with Crippen LogP contribution in [0, 0.1) is 139 Å².